The Labute approximate surface area is 176 Å². The smallest absolute Gasteiger partial charge is 0.191 e. The minimum atomic E-state index is 0. The van der Waals surface area contributed by atoms with Gasteiger partial charge in [0.15, 0.2) is 5.96 Å². The summed E-state index contributed by atoms with van der Waals surface area (Å²) in [6, 6.07) is 0.314. The van der Waals surface area contributed by atoms with Crippen LogP contribution in [0.5, 0.6) is 0 Å². The molecule has 1 unspecified atom stereocenters. The third kappa shape index (κ3) is 7.06. The van der Waals surface area contributed by atoms with Crippen molar-refractivity contribution < 1.29 is 0 Å². The van der Waals surface area contributed by atoms with Gasteiger partial charge in [0.2, 0.25) is 0 Å². The molecule has 0 amide bonds. The average molecular weight is 476 g/mol. The molecule has 0 saturated carbocycles. The molecule has 1 fully saturated rings. The van der Waals surface area contributed by atoms with Crippen LogP contribution in [0, 0.1) is 13.8 Å². The monoisotopic (exact) mass is 476 g/mol. The molecule has 2 rings (SSSR count). The van der Waals surface area contributed by atoms with Crippen molar-refractivity contribution in [3.8, 4) is 0 Å². The second-order valence-electron chi connectivity index (χ2n) is 7.19. The molecule has 1 aliphatic heterocycles. The summed E-state index contributed by atoms with van der Waals surface area (Å²) < 4.78 is 1.97. The van der Waals surface area contributed by atoms with Crippen LogP contribution in [-0.4, -0.2) is 59.4 Å². The van der Waals surface area contributed by atoms with Gasteiger partial charge in [-0.15, -0.1) is 24.0 Å². The summed E-state index contributed by atoms with van der Waals surface area (Å²) in [5, 5.41) is 11.4. The maximum Gasteiger partial charge on any atom is 0.191 e. The van der Waals surface area contributed by atoms with Crippen LogP contribution >= 0.6 is 24.0 Å². The molecule has 2 N–H and O–H groups in total. The van der Waals surface area contributed by atoms with E-state index in [0.29, 0.717) is 6.04 Å². The van der Waals surface area contributed by atoms with E-state index >= 15 is 0 Å². The van der Waals surface area contributed by atoms with Gasteiger partial charge >= 0.3 is 0 Å². The molecule has 1 atom stereocenters. The van der Waals surface area contributed by atoms with E-state index in [9.17, 15) is 0 Å². The zero-order chi connectivity index (χ0) is 18.2. The average Bonchev–Trinajstić information content (AvgIpc) is 2.82. The van der Waals surface area contributed by atoms with E-state index in [0.717, 1.165) is 37.7 Å². The van der Waals surface area contributed by atoms with Gasteiger partial charge in [-0.3, -0.25) is 9.67 Å². The number of nitrogens with zero attached hydrogens (tertiary/aromatic N) is 4. The third-order valence-electron chi connectivity index (χ3n) is 5.03. The van der Waals surface area contributed by atoms with Gasteiger partial charge in [0.25, 0.3) is 0 Å². The van der Waals surface area contributed by atoms with E-state index in [4.69, 9.17) is 4.99 Å². The minimum Gasteiger partial charge on any atom is -0.357 e. The largest absolute Gasteiger partial charge is 0.357 e. The first-order chi connectivity index (χ1) is 12.0. The topological polar surface area (TPSA) is 57.5 Å². The third-order valence-corrected chi connectivity index (χ3v) is 5.03. The molecule has 1 saturated heterocycles. The van der Waals surface area contributed by atoms with Crippen LogP contribution in [0.25, 0.3) is 0 Å². The lowest BCUT2D eigenvalue weighted by Crippen LogP contribution is -2.43. The summed E-state index contributed by atoms with van der Waals surface area (Å²) in [6.07, 6.45) is 5.02. The van der Waals surface area contributed by atoms with Crippen molar-refractivity contribution in [2.24, 2.45) is 12.0 Å². The molecule has 150 valence electrons. The van der Waals surface area contributed by atoms with E-state index < -0.39 is 0 Å². The van der Waals surface area contributed by atoms with Crippen LogP contribution in [0.15, 0.2) is 4.99 Å². The highest BCUT2D eigenvalue weighted by Crippen LogP contribution is 2.14. The lowest BCUT2D eigenvalue weighted by molar-refractivity contribution is 0.235. The van der Waals surface area contributed by atoms with Crippen molar-refractivity contribution in [3.05, 3.63) is 17.0 Å². The van der Waals surface area contributed by atoms with E-state index in [1.165, 1.54) is 43.6 Å². The van der Waals surface area contributed by atoms with E-state index in [-0.39, 0.29) is 24.0 Å². The second-order valence-corrected chi connectivity index (χ2v) is 7.19. The van der Waals surface area contributed by atoms with Crippen molar-refractivity contribution in [1.29, 1.82) is 0 Å². The SMILES string of the molecule is CCNC(=NCCN1CCCCC1)NC(C)Cc1c(C)nn(C)c1C.I. The van der Waals surface area contributed by atoms with E-state index in [1.54, 1.807) is 0 Å². The van der Waals surface area contributed by atoms with Gasteiger partial charge < -0.3 is 15.5 Å². The predicted molar refractivity (Wildman–Crippen MR) is 121 cm³/mol. The Balaban J connectivity index is 0.00000338. The molecule has 0 spiro atoms. The van der Waals surface area contributed by atoms with Gasteiger partial charge in [0.1, 0.15) is 0 Å². The first-order valence-corrected chi connectivity index (χ1v) is 9.77. The molecule has 7 heteroatoms. The summed E-state index contributed by atoms with van der Waals surface area (Å²) in [5.41, 5.74) is 3.71. The Hall–Kier alpha value is -0.830. The Bertz CT molecular complexity index is 563. The van der Waals surface area contributed by atoms with E-state index in [2.05, 4.69) is 48.3 Å². The van der Waals surface area contributed by atoms with Crippen LogP contribution in [0.3, 0.4) is 0 Å². The molecular weight excluding hydrogens is 439 g/mol. The number of rotatable bonds is 7. The highest BCUT2D eigenvalue weighted by atomic mass is 127. The normalized spacial score (nSPS) is 16.9. The molecule has 26 heavy (non-hydrogen) atoms. The number of halogens is 1. The van der Waals surface area contributed by atoms with Gasteiger partial charge in [-0.05, 0) is 65.6 Å². The zero-order valence-corrected chi connectivity index (χ0v) is 19.5. The summed E-state index contributed by atoms with van der Waals surface area (Å²) in [4.78, 5) is 7.30. The minimum absolute atomic E-state index is 0. The number of hydrogen-bond donors (Lipinski definition) is 2. The number of piperidine rings is 1. The Morgan fingerprint density at radius 2 is 1.92 bits per heavy atom. The summed E-state index contributed by atoms with van der Waals surface area (Å²) in [7, 11) is 2.01. The van der Waals surface area contributed by atoms with Crippen molar-refractivity contribution in [2.45, 2.75) is 59.4 Å². The van der Waals surface area contributed by atoms with Gasteiger partial charge in [0, 0.05) is 31.9 Å². The number of nitrogens with one attached hydrogen (secondary N) is 2. The molecule has 1 aliphatic rings. The summed E-state index contributed by atoms with van der Waals surface area (Å²) >= 11 is 0. The fraction of sp³-hybridized carbons (Fsp3) is 0.789. The van der Waals surface area contributed by atoms with Crippen LogP contribution in [0.1, 0.15) is 50.1 Å². The quantitative estimate of drug-likeness (QED) is 0.361. The molecule has 1 aromatic rings. The number of likely N-dealkylation sites (tertiary alicyclic amines) is 1. The van der Waals surface area contributed by atoms with Crippen molar-refractivity contribution in [3.63, 3.8) is 0 Å². The number of aliphatic imine (C=N–C) groups is 1. The van der Waals surface area contributed by atoms with Gasteiger partial charge in [-0.2, -0.15) is 5.10 Å². The molecular formula is C19H37IN6. The number of aromatic nitrogens is 2. The lowest BCUT2D eigenvalue weighted by atomic mass is 10.1. The van der Waals surface area contributed by atoms with Crippen molar-refractivity contribution in [2.75, 3.05) is 32.7 Å². The molecule has 6 nitrogen and oxygen atoms in total. The molecule has 0 bridgehead atoms. The maximum absolute atomic E-state index is 4.77. The van der Waals surface area contributed by atoms with Crippen molar-refractivity contribution in [1.82, 2.24) is 25.3 Å². The molecule has 1 aromatic heterocycles. The van der Waals surface area contributed by atoms with Gasteiger partial charge in [-0.25, -0.2) is 0 Å². The molecule has 0 aliphatic carbocycles. The first kappa shape index (κ1) is 23.2. The summed E-state index contributed by atoms with van der Waals surface area (Å²) in [6.45, 7) is 13.8. The Morgan fingerprint density at radius 1 is 1.23 bits per heavy atom. The fourth-order valence-electron chi connectivity index (χ4n) is 3.51. The number of aryl methyl sites for hydroxylation is 2. The van der Waals surface area contributed by atoms with Crippen LogP contribution in [0.4, 0.5) is 0 Å². The Kier molecular flexibility index (Phi) is 10.5. The number of hydrogen-bond acceptors (Lipinski definition) is 3. The Morgan fingerprint density at radius 3 is 2.50 bits per heavy atom. The van der Waals surface area contributed by atoms with Crippen LogP contribution in [-0.2, 0) is 13.5 Å². The second kappa shape index (κ2) is 11.8. The summed E-state index contributed by atoms with van der Waals surface area (Å²) in [5.74, 6) is 0.922. The molecule has 2 heterocycles. The predicted octanol–water partition coefficient (Wildman–Crippen LogP) is 2.63. The zero-order valence-electron chi connectivity index (χ0n) is 17.1. The fourth-order valence-corrected chi connectivity index (χ4v) is 3.51. The van der Waals surface area contributed by atoms with E-state index in [1.807, 2.05) is 11.7 Å². The lowest BCUT2D eigenvalue weighted by Gasteiger charge is -2.25. The van der Waals surface area contributed by atoms with Gasteiger partial charge in [0.05, 0.1) is 12.2 Å². The first-order valence-electron chi connectivity index (χ1n) is 9.77. The maximum atomic E-state index is 4.77. The van der Waals surface area contributed by atoms with Crippen LogP contribution in [0.2, 0.25) is 0 Å². The standard InChI is InChI=1S/C19H36N6.HI/c1-6-20-19(21-10-13-25-11-8-7-9-12-25)22-15(2)14-18-16(3)23-24(5)17(18)4;/h15H,6-14H2,1-5H3,(H2,20,21,22);1H. The number of guanidine groups is 1. The van der Waals surface area contributed by atoms with Gasteiger partial charge in [-0.1, -0.05) is 6.42 Å². The highest BCUT2D eigenvalue weighted by molar-refractivity contribution is 14.0. The van der Waals surface area contributed by atoms with Crippen LogP contribution < -0.4 is 10.6 Å². The molecule has 0 radical (unpaired) electrons. The molecule has 0 aromatic carbocycles. The highest BCUT2D eigenvalue weighted by Gasteiger charge is 2.14. The van der Waals surface area contributed by atoms with Crippen molar-refractivity contribution >= 4 is 29.9 Å².